The fraction of sp³-hybridized carbons (Fsp3) is 0.462. The SMILES string of the molecule is Cc1cc(C)cc(N2C(=O)c3cc4occc4n3C[C@]2(C)C(=O)NC2CCC(C)CC2)c1. The summed E-state index contributed by atoms with van der Waals surface area (Å²) in [7, 11) is 0. The summed E-state index contributed by atoms with van der Waals surface area (Å²) in [4.78, 5) is 29.4. The summed E-state index contributed by atoms with van der Waals surface area (Å²) in [6, 6.07) is 9.86. The number of nitrogens with zero attached hydrogens (tertiary/aromatic N) is 2. The van der Waals surface area contributed by atoms with E-state index in [2.05, 4.69) is 18.3 Å². The van der Waals surface area contributed by atoms with Gasteiger partial charge in [0, 0.05) is 23.9 Å². The number of furan rings is 1. The molecule has 3 aromatic rings. The molecule has 5 rings (SSSR count). The van der Waals surface area contributed by atoms with Gasteiger partial charge < -0.3 is 14.3 Å². The molecule has 0 spiro atoms. The van der Waals surface area contributed by atoms with Gasteiger partial charge in [-0.1, -0.05) is 13.0 Å². The lowest BCUT2D eigenvalue weighted by atomic mass is 9.86. The highest BCUT2D eigenvalue weighted by atomic mass is 16.3. The molecule has 2 aromatic heterocycles. The number of hydrogen-bond acceptors (Lipinski definition) is 3. The van der Waals surface area contributed by atoms with Gasteiger partial charge in [-0.2, -0.15) is 0 Å². The van der Waals surface area contributed by atoms with E-state index >= 15 is 0 Å². The molecule has 1 aliphatic carbocycles. The van der Waals surface area contributed by atoms with Gasteiger partial charge in [0.25, 0.3) is 5.91 Å². The first-order valence-electron chi connectivity index (χ1n) is 11.6. The Kier molecular flexibility index (Phi) is 4.91. The van der Waals surface area contributed by atoms with E-state index < -0.39 is 5.54 Å². The summed E-state index contributed by atoms with van der Waals surface area (Å²) in [5.74, 6) is 0.432. The molecule has 0 saturated heterocycles. The summed E-state index contributed by atoms with van der Waals surface area (Å²) in [5, 5.41) is 3.29. The number of carbonyl (C=O) groups excluding carboxylic acids is 2. The number of amides is 2. The number of nitrogens with one attached hydrogen (secondary N) is 1. The van der Waals surface area contributed by atoms with Crippen molar-refractivity contribution in [2.75, 3.05) is 4.90 Å². The van der Waals surface area contributed by atoms with E-state index in [1.54, 1.807) is 17.2 Å². The van der Waals surface area contributed by atoms with Gasteiger partial charge in [0.1, 0.15) is 11.2 Å². The van der Waals surface area contributed by atoms with Gasteiger partial charge in [0.05, 0.1) is 18.3 Å². The molecule has 6 nitrogen and oxygen atoms in total. The number of carbonyl (C=O) groups is 2. The van der Waals surface area contributed by atoms with E-state index in [1.807, 2.05) is 43.5 Å². The largest absolute Gasteiger partial charge is 0.463 e. The van der Waals surface area contributed by atoms with Crippen LogP contribution in [0.3, 0.4) is 0 Å². The Hall–Kier alpha value is -3.02. The summed E-state index contributed by atoms with van der Waals surface area (Å²) in [6.45, 7) is 8.56. The van der Waals surface area contributed by atoms with E-state index in [0.717, 1.165) is 48.0 Å². The molecule has 1 saturated carbocycles. The molecule has 0 unspecified atom stereocenters. The molecule has 0 bridgehead atoms. The third-order valence-corrected chi connectivity index (χ3v) is 7.21. The average molecular weight is 434 g/mol. The third-order valence-electron chi connectivity index (χ3n) is 7.21. The van der Waals surface area contributed by atoms with Crippen LogP contribution in [0, 0.1) is 19.8 Å². The maximum Gasteiger partial charge on any atom is 0.276 e. The van der Waals surface area contributed by atoms with Gasteiger partial charge in [-0.15, -0.1) is 0 Å². The van der Waals surface area contributed by atoms with Gasteiger partial charge in [-0.3, -0.25) is 14.5 Å². The monoisotopic (exact) mass is 433 g/mol. The van der Waals surface area contributed by atoms with Crippen molar-refractivity contribution in [3.63, 3.8) is 0 Å². The van der Waals surface area contributed by atoms with Crippen molar-refractivity contribution in [3.8, 4) is 0 Å². The van der Waals surface area contributed by atoms with Crippen molar-refractivity contribution >= 4 is 28.6 Å². The Labute approximate surface area is 188 Å². The van der Waals surface area contributed by atoms with Crippen LogP contribution in [0.4, 0.5) is 5.69 Å². The van der Waals surface area contributed by atoms with Crippen LogP contribution in [0.1, 0.15) is 61.1 Å². The first-order chi connectivity index (χ1) is 15.3. The minimum atomic E-state index is -1.06. The lowest BCUT2D eigenvalue weighted by Gasteiger charge is -2.45. The van der Waals surface area contributed by atoms with Gasteiger partial charge in [-0.05, 0) is 75.6 Å². The first-order valence-corrected chi connectivity index (χ1v) is 11.6. The number of rotatable bonds is 3. The van der Waals surface area contributed by atoms with Crippen molar-refractivity contribution < 1.29 is 14.0 Å². The number of hydrogen-bond donors (Lipinski definition) is 1. The summed E-state index contributed by atoms with van der Waals surface area (Å²) < 4.78 is 7.50. The van der Waals surface area contributed by atoms with Gasteiger partial charge in [-0.25, -0.2) is 0 Å². The van der Waals surface area contributed by atoms with E-state index in [0.29, 0.717) is 23.7 Å². The maximum absolute atomic E-state index is 13.8. The molecule has 1 aromatic carbocycles. The Morgan fingerprint density at radius 3 is 2.47 bits per heavy atom. The highest BCUT2D eigenvalue weighted by Crippen LogP contribution is 2.37. The first kappa shape index (κ1) is 20.9. The lowest BCUT2D eigenvalue weighted by Crippen LogP contribution is -2.65. The number of fused-ring (bicyclic) bond motifs is 3. The van der Waals surface area contributed by atoms with Crippen LogP contribution in [0.2, 0.25) is 0 Å². The molecular formula is C26H31N3O3. The quantitative estimate of drug-likeness (QED) is 0.634. The zero-order valence-corrected chi connectivity index (χ0v) is 19.3. The van der Waals surface area contributed by atoms with Crippen molar-refractivity contribution in [1.29, 1.82) is 0 Å². The Bertz CT molecular complexity index is 1180. The predicted octanol–water partition coefficient (Wildman–Crippen LogP) is 4.97. The zero-order valence-electron chi connectivity index (χ0n) is 19.3. The van der Waals surface area contributed by atoms with Crippen molar-refractivity contribution in [2.45, 2.75) is 71.5 Å². The summed E-state index contributed by atoms with van der Waals surface area (Å²) in [5.41, 5.74) is 3.88. The molecule has 168 valence electrons. The van der Waals surface area contributed by atoms with E-state index in [4.69, 9.17) is 4.42 Å². The van der Waals surface area contributed by atoms with E-state index in [9.17, 15) is 9.59 Å². The highest BCUT2D eigenvalue weighted by molar-refractivity contribution is 6.13. The molecule has 2 amide bonds. The maximum atomic E-state index is 13.8. The molecule has 1 N–H and O–H groups in total. The Morgan fingerprint density at radius 2 is 1.78 bits per heavy atom. The lowest BCUT2D eigenvalue weighted by molar-refractivity contribution is -0.127. The number of aryl methyl sites for hydroxylation is 2. The molecule has 1 atom stereocenters. The van der Waals surface area contributed by atoms with Crippen LogP contribution >= 0.6 is 0 Å². The van der Waals surface area contributed by atoms with Crippen LogP contribution in [-0.2, 0) is 11.3 Å². The minimum Gasteiger partial charge on any atom is -0.463 e. The molecule has 1 aliphatic heterocycles. The van der Waals surface area contributed by atoms with Crippen LogP contribution in [0.25, 0.3) is 11.1 Å². The molecule has 0 radical (unpaired) electrons. The van der Waals surface area contributed by atoms with Crippen molar-refractivity contribution in [3.05, 3.63) is 53.4 Å². The van der Waals surface area contributed by atoms with Crippen molar-refractivity contribution in [2.24, 2.45) is 5.92 Å². The second-order valence-electron chi connectivity index (χ2n) is 9.98. The fourth-order valence-corrected chi connectivity index (χ4v) is 5.44. The van der Waals surface area contributed by atoms with Crippen LogP contribution < -0.4 is 10.2 Å². The molecule has 3 heterocycles. The molecule has 32 heavy (non-hydrogen) atoms. The minimum absolute atomic E-state index is 0.0967. The van der Waals surface area contributed by atoms with E-state index in [1.165, 1.54) is 0 Å². The standard InChI is InChI=1S/C26H31N3O3/c1-16-5-7-19(8-6-16)27-25(31)26(4)15-28-21-9-10-32-23(21)14-22(28)24(30)29(26)20-12-17(2)11-18(3)13-20/h9-14,16,19H,5-8,15H2,1-4H3,(H,27,31)/t16?,19?,26-/m1/s1. The van der Waals surface area contributed by atoms with Crippen LogP contribution in [0.15, 0.2) is 41.0 Å². The highest BCUT2D eigenvalue weighted by Gasteiger charge is 2.49. The second kappa shape index (κ2) is 7.54. The number of anilines is 1. The molecule has 2 aliphatic rings. The molecule has 6 heteroatoms. The zero-order chi connectivity index (χ0) is 22.6. The van der Waals surface area contributed by atoms with Gasteiger partial charge in [0.15, 0.2) is 5.58 Å². The molecular weight excluding hydrogens is 402 g/mol. The Morgan fingerprint density at radius 1 is 1.09 bits per heavy atom. The van der Waals surface area contributed by atoms with Crippen LogP contribution in [-0.4, -0.2) is 28.0 Å². The van der Waals surface area contributed by atoms with Gasteiger partial charge >= 0.3 is 0 Å². The molecule has 1 fully saturated rings. The Balaban J connectivity index is 1.58. The third kappa shape index (κ3) is 3.33. The van der Waals surface area contributed by atoms with E-state index in [-0.39, 0.29) is 17.9 Å². The topological polar surface area (TPSA) is 67.5 Å². The number of aromatic nitrogens is 1. The number of benzene rings is 1. The predicted molar refractivity (Wildman–Crippen MR) is 125 cm³/mol. The van der Waals surface area contributed by atoms with Crippen molar-refractivity contribution in [1.82, 2.24) is 9.88 Å². The van der Waals surface area contributed by atoms with Crippen LogP contribution in [0.5, 0.6) is 0 Å². The van der Waals surface area contributed by atoms with Gasteiger partial charge in [0.2, 0.25) is 5.91 Å². The summed E-state index contributed by atoms with van der Waals surface area (Å²) in [6.07, 6.45) is 5.85. The normalized spacial score (nSPS) is 25.8. The second-order valence-corrected chi connectivity index (χ2v) is 9.98. The average Bonchev–Trinajstić information content (AvgIpc) is 3.31. The summed E-state index contributed by atoms with van der Waals surface area (Å²) >= 11 is 0. The smallest absolute Gasteiger partial charge is 0.276 e. The fourth-order valence-electron chi connectivity index (χ4n) is 5.44.